The van der Waals surface area contributed by atoms with Crippen LogP contribution in [0.4, 0.5) is 5.13 Å². The Labute approximate surface area is 178 Å². The molecule has 0 spiro atoms. The van der Waals surface area contributed by atoms with Gasteiger partial charge in [0.1, 0.15) is 0 Å². The summed E-state index contributed by atoms with van der Waals surface area (Å²) in [5, 5.41) is 1.29. The molecule has 0 radical (unpaired) electrons. The van der Waals surface area contributed by atoms with Crippen LogP contribution in [0.15, 0.2) is 72.9 Å². The Morgan fingerprint density at radius 1 is 1.14 bits per heavy atom. The molecule has 4 aromatic rings. The number of rotatable bonds is 5. The van der Waals surface area contributed by atoms with Gasteiger partial charge in [0.25, 0.3) is 5.91 Å². The average Bonchev–Trinajstić information content (AvgIpc) is 3.16. The van der Waals surface area contributed by atoms with Crippen molar-refractivity contribution in [2.24, 2.45) is 0 Å². The molecule has 0 aliphatic heterocycles. The van der Waals surface area contributed by atoms with E-state index in [0.717, 1.165) is 27.0 Å². The van der Waals surface area contributed by atoms with Crippen LogP contribution in [-0.4, -0.2) is 15.9 Å². The zero-order valence-electron chi connectivity index (χ0n) is 15.7. The van der Waals surface area contributed by atoms with E-state index >= 15 is 0 Å². The fourth-order valence-corrected chi connectivity index (χ4v) is 4.40. The summed E-state index contributed by atoms with van der Waals surface area (Å²) in [6.45, 7) is 2.31. The number of carbonyl (C=O) groups excluding carboxylic acids is 1. The number of hydrogen-bond acceptors (Lipinski definition) is 4. The summed E-state index contributed by atoms with van der Waals surface area (Å²) in [7, 11) is 0. The van der Waals surface area contributed by atoms with Crippen molar-refractivity contribution >= 4 is 50.3 Å². The number of aromatic nitrogens is 2. The minimum atomic E-state index is -0.151. The summed E-state index contributed by atoms with van der Waals surface area (Å²) < 4.78 is 0.954. The Kier molecular flexibility index (Phi) is 5.69. The summed E-state index contributed by atoms with van der Waals surface area (Å²) in [5.41, 5.74) is 3.61. The van der Waals surface area contributed by atoms with Crippen LogP contribution in [-0.2, 0) is 11.3 Å². The van der Waals surface area contributed by atoms with Crippen molar-refractivity contribution in [2.45, 2.75) is 13.5 Å². The fourth-order valence-electron chi connectivity index (χ4n) is 2.97. The van der Waals surface area contributed by atoms with Gasteiger partial charge in [0.15, 0.2) is 5.13 Å². The van der Waals surface area contributed by atoms with Gasteiger partial charge in [-0.05, 0) is 48.4 Å². The average molecular weight is 420 g/mol. The smallest absolute Gasteiger partial charge is 0.253 e. The topological polar surface area (TPSA) is 46.1 Å². The van der Waals surface area contributed by atoms with Crippen molar-refractivity contribution in [1.29, 1.82) is 0 Å². The van der Waals surface area contributed by atoms with Crippen molar-refractivity contribution in [3.63, 3.8) is 0 Å². The van der Waals surface area contributed by atoms with Crippen LogP contribution in [0.5, 0.6) is 0 Å². The first-order chi connectivity index (χ1) is 14.1. The molecule has 2 aromatic carbocycles. The summed E-state index contributed by atoms with van der Waals surface area (Å²) >= 11 is 7.65. The molecule has 0 N–H and O–H groups in total. The summed E-state index contributed by atoms with van der Waals surface area (Å²) in [6, 6.07) is 19.2. The van der Waals surface area contributed by atoms with Gasteiger partial charge in [0, 0.05) is 17.3 Å². The highest BCUT2D eigenvalue weighted by Gasteiger charge is 2.20. The fraction of sp³-hybridized carbons (Fsp3) is 0.0870. The van der Waals surface area contributed by atoms with Gasteiger partial charge in [-0.1, -0.05) is 59.3 Å². The van der Waals surface area contributed by atoms with E-state index < -0.39 is 0 Å². The lowest BCUT2D eigenvalue weighted by atomic mass is 10.2. The van der Waals surface area contributed by atoms with Crippen molar-refractivity contribution in [3.8, 4) is 0 Å². The monoisotopic (exact) mass is 419 g/mol. The molecule has 0 unspecified atom stereocenters. The van der Waals surface area contributed by atoms with Gasteiger partial charge in [0.2, 0.25) is 0 Å². The Morgan fingerprint density at radius 3 is 2.69 bits per heavy atom. The molecule has 29 heavy (non-hydrogen) atoms. The maximum atomic E-state index is 13.1. The molecular weight excluding hydrogens is 402 g/mol. The number of anilines is 1. The van der Waals surface area contributed by atoms with E-state index in [2.05, 4.69) is 4.98 Å². The van der Waals surface area contributed by atoms with Crippen LogP contribution in [0.1, 0.15) is 16.8 Å². The minimum Gasteiger partial charge on any atom is -0.278 e. The lowest BCUT2D eigenvalue weighted by molar-refractivity contribution is -0.114. The molecule has 0 saturated carbocycles. The molecule has 0 bridgehead atoms. The molecule has 2 heterocycles. The van der Waals surface area contributed by atoms with Crippen LogP contribution in [0.3, 0.4) is 0 Å². The number of thiazole rings is 1. The van der Waals surface area contributed by atoms with Gasteiger partial charge < -0.3 is 0 Å². The van der Waals surface area contributed by atoms with Gasteiger partial charge in [0.05, 0.1) is 22.5 Å². The predicted octanol–water partition coefficient (Wildman–Crippen LogP) is 5.90. The number of aryl methyl sites for hydroxylation is 1. The molecule has 4 nitrogen and oxygen atoms in total. The van der Waals surface area contributed by atoms with E-state index in [1.54, 1.807) is 17.2 Å². The second-order valence-corrected chi connectivity index (χ2v) is 8.00. The van der Waals surface area contributed by atoms with Crippen molar-refractivity contribution in [1.82, 2.24) is 9.97 Å². The lowest BCUT2D eigenvalue weighted by Crippen LogP contribution is -2.29. The SMILES string of the molecule is Cc1cc(Cl)cc2sc(N(Cc3ccccn3)C(=O)/C=C/c3ccccc3)nc12. The number of pyridine rings is 1. The molecule has 0 aliphatic rings. The lowest BCUT2D eigenvalue weighted by Gasteiger charge is -2.17. The molecule has 0 atom stereocenters. The van der Waals surface area contributed by atoms with Crippen molar-refractivity contribution in [2.75, 3.05) is 4.90 Å². The highest BCUT2D eigenvalue weighted by atomic mass is 35.5. The van der Waals surface area contributed by atoms with Crippen LogP contribution < -0.4 is 4.90 Å². The maximum Gasteiger partial charge on any atom is 0.253 e. The highest BCUT2D eigenvalue weighted by molar-refractivity contribution is 7.22. The molecule has 4 rings (SSSR count). The number of carbonyl (C=O) groups is 1. The van der Waals surface area contributed by atoms with Crippen LogP contribution in [0, 0.1) is 6.92 Å². The first-order valence-corrected chi connectivity index (χ1v) is 10.3. The molecule has 2 aromatic heterocycles. The standard InChI is InChI=1S/C23H18ClN3OS/c1-16-13-18(24)14-20-22(16)26-23(29-20)27(15-19-9-5-6-12-25-19)21(28)11-10-17-7-3-2-4-8-17/h2-14H,15H2,1H3/b11-10+. The Hall–Kier alpha value is -3.02. The number of nitrogens with zero attached hydrogens (tertiary/aromatic N) is 3. The zero-order chi connectivity index (χ0) is 20.2. The normalized spacial score (nSPS) is 11.2. The second-order valence-electron chi connectivity index (χ2n) is 6.56. The molecule has 1 amide bonds. The number of amides is 1. The van der Waals surface area contributed by atoms with E-state index in [9.17, 15) is 4.79 Å². The third-order valence-corrected chi connectivity index (χ3v) is 5.64. The van der Waals surface area contributed by atoms with Gasteiger partial charge >= 0.3 is 0 Å². The minimum absolute atomic E-state index is 0.151. The van der Waals surface area contributed by atoms with Crippen molar-refractivity contribution < 1.29 is 4.79 Å². The van der Waals surface area contributed by atoms with Gasteiger partial charge in [-0.2, -0.15) is 0 Å². The van der Waals surface area contributed by atoms with Crippen molar-refractivity contribution in [3.05, 3.63) is 94.8 Å². The van der Waals surface area contributed by atoms with E-state index in [-0.39, 0.29) is 5.91 Å². The van der Waals surface area contributed by atoms with E-state index in [4.69, 9.17) is 16.6 Å². The first kappa shape index (κ1) is 19.3. The summed E-state index contributed by atoms with van der Waals surface area (Å²) in [4.78, 5) is 23.9. The van der Waals surface area contributed by atoms with Gasteiger partial charge in [-0.3, -0.25) is 14.7 Å². The largest absolute Gasteiger partial charge is 0.278 e. The Balaban J connectivity index is 1.71. The molecule has 0 aliphatic carbocycles. The molecular formula is C23H18ClN3OS. The van der Waals surface area contributed by atoms with Crippen LogP contribution >= 0.6 is 22.9 Å². The molecule has 0 saturated heterocycles. The van der Waals surface area contributed by atoms with Gasteiger partial charge in [-0.25, -0.2) is 4.98 Å². The predicted molar refractivity (Wildman–Crippen MR) is 120 cm³/mol. The summed E-state index contributed by atoms with van der Waals surface area (Å²) in [6.07, 6.45) is 5.10. The number of benzene rings is 2. The Morgan fingerprint density at radius 2 is 1.93 bits per heavy atom. The van der Waals surface area contributed by atoms with E-state index in [1.807, 2.05) is 73.7 Å². The Bertz CT molecular complexity index is 1170. The van der Waals surface area contributed by atoms with Gasteiger partial charge in [-0.15, -0.1) is 0 Å². The molecule has 144 valence electrons. The summed E-state index contributed by atoms with van der Waals surface area (Å²) in [5.74, 6) is -0.151. The van der Waals surface area contributed by atoms with Crippen LogP contribution in [0.25, 0.3) is 16.3 Å². The second kappa shape index (κ2) is 8.55. The zero-order valence-corrected chi connectivity index (χ0v) is 17.3. The number of hydrogen-bond donors (Lipinski definition) is 0. The highest BCUT2D eigenvalue weighted by Crippen LogP contribution is 2.33. The van der Waals surface area contributed by atoms with E-state index in [0.29, 0.717) is 16.7 Å². The molecule has 0 fully saturated rings. The number of halogens is 1. The maximum absolute atomic E-state index is 13.1. The number of fused-ring (bicyclic) bond motifs is 1. The third-order valence-electron chi connectivity index (χ3n) is 4.40. The first-order valence-electron chi connectivity index (χ1n) is 9.11. The van der Waals surface area contributed by atoms with Crippen LogP contribution in [0.2, 0.25) is 5.02 Å². The molecule has 6 heteroatoms. The third kappa shape index (κ3) is 4.53. The quantitative estimate of drug-likeness (QED) is 0.378. The van der Waals surface area contributed by atoms with E-state index in [1.165, 1.54) is 11.3 Å².